The zero-order chi connectivity index (χ0) is 25.4. The molecule has 5 N–H and O–H groups in total. The summed E-state index contributed by atoms with van der Waals surface area (Å²) in [5.41, 5.74) is 9.85. The summed E-state index contributed by atoms with van der Waals surface area (Å²) >= 11 is 0. The number of primary sulfonamides is 1. The fourth-order valence-corrected chi connectivity index (χ4v) is 5.60. The summed E-state index contributed by atoms with van der Waals surface area (Å²) in [6.45, 7) is 0. The first kappa shape index (κ1) is 23.5. The molecule has 1 atom stereocenters. The van der Waals surface area contributed by atoms with Gasteiger partial charge in [-0.2, -0.15) is 0 Å². The number of rotatable bonds is 7. The minimum absolute atomic E-state index is 0.0254. The SMILES string of the molecule is N=C(N)c1cccc(CC(C(=O)N2c3ccc(-c4ccccc4)c2c3S(N)(=O)=O)c2ccccc2)c1. The van der Waals surface area contributed by atoms with Crippen LogP contribution < -0.4 is 10.9 Å². The molecule has 3 aromatic rings. The highest BCUT2D eigenvalue weighted by atomic mass is 32.2. The molecule has 180 valence electrons. The lowest BCUT2D eigenvalue weighted by molar-refractivity contribution is -0.129. The lowest BCUT2D eigenvalue weighted by Crippen LogP contribution is -2.46. The van der Waals surface area contributed by atoms with Gasteiger partial charge in [0.2, 0.25) is 15.9 Å². The standard InChI is InChI=1S/C28H24N4O3S/c29-27(30)21-13-7-8-18(16-21)17-23(20-11-5-2-6-12-20)28(33)32-24-15-14-22(19-9-3-1-4-10-19)25(32)26(24)36(31,34)35/h1-16,23H,17H2,(H3,29,30)(H2,31,34,35). The van der Waals surface area contributed by atoms with Crippen LogP contribution in [-0.4, -0.2) is 25.1 Å². The van der Waals surface area contributed by atoms with Crippen molar-refractivity contribution in [2.24, 2.45) is 10.9 Å². The molecule has 5 rings (SSSR count). The Balaban J connectivity index is 1.58. The Labute approximate surface area is 209 Å². The van der Waals surface area contributed by atoms with Crippen LogP contribution in [0.5, 0.6) is 0 Å². The van der Waals surface area contributed by atoms with E-state index in [4.69, 9.17) is 16.3 Å². The number of nitrogens with two attached hydrogens (primary N) is 2. The van der Waals surface area contributed by atoms with Gasteiger partial charge in [0.05, 0.1) is 17.3 Å². The van der Waals surface area contributed by atoms with Gasteiger partial charge in [-0.15, -0.1) is 0 Å². The average Bonchev–Trinajstić information content (AvgIpc) is 2.87. The zero-order valence-electron chi connectivity index (χ0n) is 19.3. The van der Waals surface area contributed by atoms with Gasteiger partial charge in [0.1, 0.15) is 10.7 Å². The number of nitrogen functional groups attached to an aromatic ring is 1. The normalized spacial score (nSPS) is 15.5. The second kappa shape index (κ2) is 9.07. The highest BCUT2D eigenvalue weighted by Gasteiger charge is 2.47. The van der Waals surface area contributed by atoms with Crippen LogP contribution >= 0.6 is 0 Å². The van der Waals surface area contributed by atoms with Crippen molar-refractivity contribution in [1.82, 2.24) is 4.90 Å². The molecular formula is C28H24N4O3S. The number of benzene rings is 3. The van der Waals surface area contributed by atoms with Crippen LogP contribution in [0.1, 0.15) is 28.2 Å². The van der Waals surface area contributed by atoms with E-state index in [1.54, 1.807) is 24.3 Å². The molecule has 1 amide bonds. The average molecular weight is 497 g/mol. The Kier molecular flexibility index (Phi) is 5.91. The minimum Gasteiger partial charge on any atom is -0.384 e. The largest absolute Gasteiger partial charge is 0.384 e. The third-order valence-electron chi connectivity index (χ3n) is 6.34. The second-order valence-electron chi connectivity index (χ2n) is 8.68. The van der Waals surface area contributed by atoms with Crippen LogP contribution in [0.3, 0.4) is 0 Å². The molecule has 0 aliphatic carbocycles. The molecule has 0 saturated carbocycles. The lowest BCUT2D eigenvalue weighted by Gasteiger charge is -2.43. The van der Waals surface area contributed by atoms with Crippen molar-refractivity contribution in [3.05, 3.63) is 136 Å². The van der Waals surface area contributed by atoms with Crippen molar-refractivity contribution >= 4 is 27.3 Å². The molecule has 2 aliphatic heterocycles. The number of hydrogen-bond acceptors (Lipinski definition) is 4. The molecule has 8 heteroatoms. The first-order valence-electron chi connectivity index (χ1n) is 11.3. The maximum atomic E-state index is 14.1. The molecular weight excluding hydrogens is 472 g/mol. The summed E-state index contributed by atoms with van der Waals surface area (Å²) in [6.07, 6.45) is 3.79. The number of amides is 1. The van der Waals surface area contributed by atoms with E-state index in [2.05, 4.69) is 0 Å². The zero-order valence-corrected chi connectivity index (χ0v) is 20.1. The molecule has 36 heavy (non-hydrogen) atoms. The van der Waals surface area contributed by atoms with Crippen molar-refractivity contribution in [1.29, 1.82) is 5.41 Å². The number of nitrogens with zero attached hydrogens (tertiary/aromatic N) is 1. The molecule has 1 unspecified atom stereocenters. The van der Waals surface area contributed by atoms with E-state index in [0.29, 0.717) is 23.3 Å². The number of allylic oxidation sites excluding steroid dienone is 3. The van der Waals surface area contributed by atoms with Crippen LogP contribution in [0.4, 0.5) is 0 Å². The number of sulfonamides is 1. The van der Waals surface area contributed by atoms with E-state index in [-0.39, 0.29) is 22.3 Å². The van der Waals surface area contributed by atoms with Crippen LogP contribution in [0.2, 0.25) is 0 Å². The van der Waals surface area contributed by atoms with E-state index in [1.807, 2.05) is 72.8 Å². The molecule has 2 heterocycles. The fourth-order valence-electron chi connectivity index (χ4n) is 4.68. The lowest BCUT2D eigenvalue weighted by atomic mass is 9.85. The summed E-state index contributed by atoms with van der Waals surface area (Å²) in [6, 6.07) is 25.9. The van der Waals surface area contributed by atoms with Gasteiger partial charge in [0, 0.05) is 11.1 Å². The third kappa shape index (κ3) is 4.17. The predicted molar refractivity (Wildman–Crippen MR) is 140 cm³/mol. The van der Waals surface area contributed by atoms with Crippen LogP contribution in [0.15, 0.2) is 113 Å². The molecule has 0 radical (unpaired) electrons. The van der Waals surface area contributed by atoms with E-state index in [9.17, 15) is 13.2 Å². The maximum absolute atomic E-state index is 14.1. The smallest absolute Gasteiger partial charge is 0.242 e. The Bertz CT molecular complexity index is 1570. The summed E-state index contributed by atoms with van der Waals surface area (Å²) in [5, 5.41) is 13.3. The minimum atomic E-state index is -4.06. The molecule has 0 spiro atoms. The van der Waals surface area contributed by atoms with Crippen molar-refractivity contribution in [3.8, 4) is 0 Å². The number of carbonyl (C=O) groups is 1. The first-order chi connectivity index (χ1) is 17.3. The number of fused-ring (bicyclic) bond motifs is 2. The van der Waals surface area contributed by atoms with Gasteiger partial charge >= 0.3 is 0 Å². The quantitative estimate of drug-likeness (QED) is 0.341. The molecule has 2 bridgehead atoms. The van der Waals surface area contributed by atoms with E-state index in [1.165, 1.54) is 4.90 Å². The number of amidine groups is 1. The predicted octanol–water partition coefficient (Wildman–Crippen LogP) is 3.62. The van der Waals surface area contributed by atoms with E-state index >= 15 is 0 Å². The summed E-state index contributed by atoms with van der Waals surface area (Å²) in [4.78, 5) is 15.6. The number of hydrogen-bond donors (Lipinski definition) is 3. The Morgan fingerprint density at radius 1 is 0.917 bits per heavy atom. The van der Waals surface area contributed by atoms with Crippen LogP contribution in [-0.2, 0) is 21.2 Å². The van der Waals surface area contributed by atoms with E-state index in [0.717, 1.165) is 16.7 Å². The van der Waals surface area contributed by atoms with Gasteiger partial charge in [-0.3, -0.25) is 15.1 Å². The Hall–Kier alpha value is -4.27. The van der Waals surface area contributed by atoms with Crippen molar-refractivity contribution in [3.63, 3.8) is 0 Å². The molecule has 0 saturated heterocycles. The molecule has 0 fully saturated rings. The Morgan fingerprint density at radius 2 is 1.58 bits per heavy atom. The fraction of sp³-hybridized carbons (Fsp3) is 0.0714. The van der Waals surface area contributed by atoms with Crippen LogP contribution in [0.25, 0.3) is 5.57 Å². The maximum Gasteiger partial charge on any atom is 0.242 e. The summed E-state index contributed by atoms with van der Waals surface area (Å²) in [7, 11) is -4.06. The summed E-state index contributed by atoms with van der Waals surface area (Å²) < 4.78 is 25.0. The van der Waals surface area contributed by atoms with Gasteiger partial charge in [-0.05, 0) is 35.3 Å². The van der Waals surface area contributed by atoms with Crippen LogP contribution in [0, 0.1) is 5.41 Å². The van der Waals surface area contributed by atoms with Gasteiger partial charge in [-0.1, -0.05) is 84.9 Å². The van der Waals surface area contributed by atoms with Crippen molar-refractivity contribution in [2.45, 2.75) is 12.3 Å². The number of carbonyl (C=O) groups excluding carboxylic acids is 1. The van der Waals surface area contributed by atoms with Crippen molar-refractivity contribution in [2.75, 3.05) is 0 Å². The third-order valence-corrected chi connectivity index (χ3v) is 7.31. The highest BCUT2D eigenvalue weighted by molar-refractivity contribution is 7.93. The monoisotopic (exact) mass is 496 g/mol. The van der Waals surface area contributed by atoms with Gasteiger partial charge < -0.3 is 5.73 Å². The summed E-state index contributed by atoms with van der Waals surface area (Å²) in [5.74, 6) is -0.920. The van der Waals surface area contributed by atoms with Gasteiger partial charge in [0.25, 0.3) is 0 Å². The second-order valence-corrected chi connectivity index (χ2v) is 10.2. The van der Waals surface area contributed by atoms with Crippen molar-refractivity contribution < 1.29 is 13.2 Å². The first-order valence-corrected chi connectivity index (χ1v) is 12.9. The molecule has 0 aromatic heterocycles. The van der Waals surface area contributed by atoms with Gasteiger partial charge in [0.15, 0.2) is 0 Å². The molecule has 2 aliphatic rings. The van der Waals surface area contributed by atoms with Gasteiger partial charge in [-0.25, -0.2) is 13.6 Å². The number of nitrogens with one attached hydrogen (secondary N) is 1. The highest BCUT2D eigenvalue weighted by Crippen LogP contribution is 2.49. The molecule has 7 nitrogen and oxygen atoms in total. The molecule has 3 aromatic carbocycles. The van der Waals surface area contributed by atoms with E-state index < -0.39 is 15.9 Å². The topological polar surface area (TPSA) is 130 Å². The Morgan fingerprint density at radius 3 is 2.22 bits per heavy atom.